The van der Waals surface area contributed by atoms with E-state index in [0.29, 0.717) is 11.1 Å². The van der Waals surface area contributed by atoms with Crippen molar-refractivity contribution >= 4 is 31.6 Å². The molecule has 0 radical (unpaired) electrons. The van der Waals surface area contributed by atoms with Crippen molar-refractivity contribution < 1.29 is 20.5 Å². The maximum absolute atomic E-state index is 12.3. The second-order valence-electron chi connectivity index (χ2n) is 5.04. The number of nitrogen functional groups attached to an aromatic ring is 2. The molecule has 0 saturated heterocycles. The summed E-state index contributed by atoms with van der Waals surface area (Å²) in [7, 11) is -9.18. The summed E-state index contributed by atoms with van der Waals surface area (Å²) in [5.74, 6) is 0. The Balaban J connectivity index is 2.51. The topological polar surface area (TPSA) is 130 Å². The number of hydrogen-bond acceptors (Lipinski definition) is 7. The van der Waals surface area contributed by atoms with Crippen LogP contribution in [0.15, 0.2) is 46.2 Å². The van der Waals surface area contributed by atoms with Crippen molar-refractivity contribution in [1.82, 2.24) is 0 Å². The molecule has 2 aromatic carbocycles. The Morgan fingerprint density at radius 3 is 2.09 bits per heavy atom. The van der Waals surface area contributed by atoms with Gasteiger partial charge in [0.2, 0.25) is 0 Å². The van der Waals surface area contributed by atoms with E-state index in [0.717, 1.165) is 6.07 Å². The number of anilines is 2. The number of benzene rings is 2. The van der Waals surface area contributed by atoms with Crippen LogP contribution in [-0.2, 0) is 23.9 Å². The predicted molar refractivity (Wildman–Crippen MR) is 86.6 cm³/mol. The molecule has 0 fully saturated rings. The zero-order valence-corrected chi connectivity index (χ0v) is 14.1. The molecule has 9 heteroatoms. The highest BCUT2D eigenvalue weighted by atomic mass is 32.3. The molecule has 0 saturated carbocycles. The van der Waals surface area contributed by atoms with Gasteiger partial charge in [0.25, 0.3) is 0 Å². The number of nitrogens with two attached hydrogens (primary N) is 2. The quantitative estimate of drug-likeness (QED) is 0.795. The van der Waals surface area contributed by atoms with Crippen molar-refractivity contribution in [2.45, 2.75) is 23.6 Å². The first-order valence-electron chi connectivity index (χ1n) is 6.46. The van der Waals surface area contributed by atoms with E-state index in [1.165, 1.54) is 31.2 Å². The fourth-order valence-electron chi connectivity index (χ4n) is 1.94. The van der Waals surface area contributed by atoms with Gasteiger partial charge in [-0.2, -0.15) is 16.8 Å². The van der Waals surface area contributed by atoms with E-state index < -0.39 is 25.1 Å². The summed E-state index contributed by atoms with van der Waals surface area (Å²) in [5, 5.41) is 0. The molecule has 124 valence electrons. The monoisotopic (exact) mass is 356 g/mol. The molecule has 0 atom stereocenters. The molecule has 2 rings (SSSR count). The van der Waals surface area contributed by atoms with Gasteiger partial charge in [0.1, 0.15) is 9.79 Å². The van der Waals surface area contributed by atoms with E-state index in [1.54, 1.807) is 13.0 Å². The van der Waals surface area contributed by atoms with Crippen molar-refractivity contribution in [3.8, 4) is 0 Å². The van der Waals surface area contributed by atoms with E-state index in [4.69, 9.17) is 11.5 Å². The minimum atomic E-state index is -4.60. The van der Waals surface area contributed by atoms with Gasteiger partial charge >= 0.3 is 20.2 Å². The Morgan fingerprint density at radius 2 is 1.43 bits per heavy atom. The summed E-state index contributed by atoms with van der Waals surface area (Å²) in [5.41, 5.74) is 12.1. The van der Waals surface area contributed by atoms with Crippen LogP contribution < -0.4 is 11.5 Å². The van der Waals surface area contributed by atoms with E-state index in [-0.39, 0.29) is 16.3 Å². The van der Waals surface area contributed by atoms with Crippen molar-refractivity contribution in [2.24, 2.45) is 0 Å². The molecule has 0 bridgehead atoms. The van der Waals surface area contributed by atoms with Crippen LogP contribution in [0.5, 0.6) is 0 Å². The molecule has 0 aliphatic heterocycles. The van der Waals surface area contributed by atoms with Crippen molar-refractivity contribution in [3.63, 3.8) is 0 Å². The van der Waals surface area contributed by atoms with Crippen LogP contribution in [0.25, 0.3) is 0 Å². The largest absolute Gasteiger partial charge is 0.399 e. The molecular formula is C14H16N2O5S2. The average molecular weight is 356 g/mol. The van der Waals surface area contributed by atoms with Gasteiger partial charge in [0, 0.05) is 5.69 Å². The van der Waals surface area contributed by atoms with Crippen LogP contribution in [0.4, 0.5) is 11.4 Å². The zero-order chi connectivity index (χ0) is 17.4. The Kier molecular flexibility index (Phi) is 4.38. The Bertz CT molecular complexity index is 887. The lowest BCUT2D eigenvalue weighted by atomic mass is 10.2. The minimum Gasteiger partial charge on any atom is -0.399 e. The average Bonchev–Trinajstić information content (AvgIpc) is 2.42. The Hall–Kier alpha value is -2.10. The summed E-state index contributed by atoms with van der Waals surface area (Å²) in [6.07, 6.45) is 0. The molecule has 2 aromatic rings. The molecule has 4 N–H and O–H groups in total. The minimum absolute atomic E-state index is 0.102. The lowest BCUT2D eigenvalue weighted by Crippen LogP contribution is -2.16. The normalized spacial score (nSPS) is 12.3. The first-order chi connectivity index (χ1) is 10.5. The number of hydrogen-bond donors (Lipinski definition) is 2. The summed E-state index contributed by atoms with van der Waals surface area (Å²) in [6, 6.07) is 8.31. The Labute approximate surface area is 135 Å². The second kappa shape index (κ2) is 5.84. The van der Waals surface area contributed by atoms with E-state index in [1.807, 2.05) is 0 Å². The number of aryl methyl sites for hydroxylation is 2. The molecule has 0 aliphatic carbocycles. The summed E-state index contributed by atoms with van der Waals surface area (Å²) in [4.78, 5) is -0.713. The van der Waals surface area contributed by atoms with E-state index in [2.05, 4.69) is 3.63 Å². The van der Waals surface area contributed by atoms with Crippen LogP contribution in [-0.4, -0.2) is 16.8 Å². The van der Waals surface area contributed by atoms with Crippen LogP contribution in [0.1, 0.15) is 11.1 Å². The first kappa shape index (κ1) is 17.3. The predicted octanol–water partition coefficient (Wildman–Crippen LogP) is 1.56. The smallest absolute Gasteiger partial charge is 0.313 e. The summed E-state index contributed by atoms with van der Waals surface area (Å²) < 4.78 is 53.6. The third kappa shape index (κ3) is 3.63. The van der Waals surface area contributed by atoms with Gasteiger partial charge in [-0.25, -0.2) is 0 Å². The molecular weight excluding hydrogens is 340 g/mol. The van der Waals surface area contributed by atoms with Crippen LogP contribution >= 0.6 is 0 Å². The van der Waals surface area contributed by atoms with Gasteiger partial charge in [0.15, 0.2) is 0 Å². The van der Waals surface area contributed by atoms with Crippen molar-refractivity contribution in [2.75, 3.05) is 11.5 Å². The fourth-order valence-corrected chi connectivity index (χ4v) is 4.89. The molecule has 0 spiro atoms. The first-order valence-corrected chi connectivity index (χ1v) is 9.28. The highest BCUT2D eigenvalue weighted by Gasteiger charge is 2.29. The van der Waals surface area contributed by atoms with Gasteiger partial charge in [-0.05, 0) is 49.2 Å². The third-order valence-electron chi connectivity index (χ3n) is 3.10. The van der Waals surface area contributed by atoms with Gasteiger partial charge in [0.05, 0.1) is 5.69 Å². The molecule has 0 aliphatic rings. The van der Waals surface area contributed by atoms with E-state index >= 15 is 0 Å². The third-order valence-corrected chi connectivity index (χ3v) is 6.40. The number of rotatable bonds is 4. The Morgan fingerprint density at radius 1 is 0.826 bits per heavy atom. The SMILES string of the molecule is Cc1ccc(N)c(S(=O)(=O)OS(=O)(=O)c2cc(N)ccc2C)c1. The van der Waals surface area contributed by atoms with Gasteiger partial charge < -0.3 is 11.5 Å². The second-order valence-corrected chi connectivity index (χ2v) is 8.28. The van der Waals surface area contributed by atoms with E-state index in [9.17, 15) is 16.8 Å². The van der Waals surface area contributed by atoms with Crippen LogP contribution in [0.2, 0.25) is 0 Å². The van der Waals surface area contributed by atoms with Gasteiger partial charge in [-0.3, -0.25) is 0 Å². The molecule has 0 unspecified atom stereocenters. The highest BCUT2D eigenvalue weighted by Crippen LogP contribution is 2.27. The van der Waals surface area contributed by atoms with Gasteiger partial charge in [-0.1, -0.05) is 12.1 Å². The summed E-state index contributed by atoms with van der Waals surface area (Å²) >= 11 is 0. The molecule has 0 amide bonds. The standard InChI is InChI=1S/C14H16N2O5S2/c1-9-3-6-12(16)14(7-9)23(19,20)21-22(17,18)13-8-11(15)5-4-10(13)2/h3-8H,15-16H2,1-2H3. The summed E-state index contributed by atoms with van der Waals surface area (Å²) in [6.45, 7) is 3.15. The zero-order valence-electron chi connectivity index (χ0n) is 12.5. The molecule has 23 heavy (non-hydrogen) atoms. The highest BCUT2D eigenvalue weighted by molar-refractivity contribution is 8.00. The van der Waals surface area contributed by atoms with Gasteiger partial charge in [-0.15, -0.1) is 3.63 Å². The molecule has 0 aromatic heterocycles. The maximum atomic E-state index is 12.3. The van der Waals surface area contributed by atoms with Crippen LogP contribution in [0, 0.1) is 13.8 Å². The van der Waals surface area contributed by atoms with Crippen molar-refractivity contribution in [1.29, 1.82) is 0 Å². The molecule has 7 nitrogen and oxygen atoms in total. The van der Waals surface area contributed by atoms with Crippen LogP contribution in [0.3, 0.4) is 0 Å². The lowest BCUT2D eigenvalue weighted by molar-refractivity contribution is 0.461. The fraction of sp³-hybridized carbons (Fsp3) is 0.143. The molecule has 0 heterocycles. The lowest BCUT2D eigenvalue weighted by Gasteiger charge is -2.11. The van der Waals surface area contributed by atoms with Crippen molar-refractivity contribution in [3.05, 3.63) is 47.5 Å². The maximum Gasteiger partial charge on any atom is 0.313 e.